The Kier molecular flexibility index (Phi) is 7.55. The van der Waals surface area contributed by atoms with Crippen LogP contribution in [-0.2, 0) is 32.0 Å². The fraction of sp³-hybridized carbons (Fsp3) is 0.286. The second-order valence-corrected chi connectivity index (χ2v) is 6.11. The van der Waals surface area contributed by atoms with Gasteiger partial charge in [-0.05, 0) is 36.6 Å². The van der Waals surface area contributed by atoms with E-state index in [2.05, 4.69) is 5.32 Å². The molecule has 2 rings (SSSR count). The summed E-state index contributed by atoms with van der Waals surface area (Å²) in [5.74, 6) is -0.482. The summed E-state index contributed by atoms with van der Waals surface area (Å²) in [6.45, 7) is 0.997. The Morgan fingerprint density at radius 3 is 2.22 bits per heavy atom. The van der Waals surface area contributed by atoms with Crippen LogP contribution in [0.25, 0.3) is 0 Å². The maximum absolute atomic E-state index is 12.0. The zero-order valence-corrected chi connectivity index (χ0v) is 15.4. The molecule has 27 heavy (non-hydrogen) atoms. The van der Waals surface area contributed by atoms with Crippen molar-refractivity contribution in [2.75, 3.05) is 13.7 Å². The Labute approximate surface area is 158 Å². The highest BCUT2D eigenvalue weighted by Gasteiger charge is 2.18. The van der Waals surface area contributed by atoms with Crippen LogP contribution in [0.15, 0.2) is 54.6 Å². The average molecular weight is 369 g/mol. The van der Waals surface area contributed by atoms with E-state index in [4.69, 9.17) is 9.47 Å². The number of methoxy groups -OCH3 is 1. The van der Waals surface area contributed by atoms with E-state index in [-0.39, 0.29) is 12.2 Å². The zero-order valence-electron chi connectivity index (χ0n) is 15.4. The molecule has 2 aromatic rings. The number of esters is 1. The lowest BCUT2D eigenvalue weighted by Gasteiger charge is -2.16. The molecule has 0 heterocycles. The molecule has 0 unspecified atom stereocenters. The van der Waals surface area contributed by atoms with Gasteiger partial charge in [0.15, 0.2) is 12.4 Å². The maximum Gasteiger partial charge on any atom is 0.310 e. The normalized spacial score (nSPS) is 11.3. The summed E-state index contributed by atoms with van der Waals surface area (Å²) in [5.41, 5.74) is 1.70. The third-order valence-corrected chi connectivity index (χ3v) is 3.98. The molecular weight excluding hydrogens is 346 g/mol. The molecule has 1 atom stereocenters. The number of nitrogens with one attached hydrogen (secondary N) is 1. The maximum atomic E-state index is 12.0. The van der Waals surface area contributed by atoms with Crippen molar-refractivity contribution in [2.45, 2.75) is 25.8 Å². The van der Waals surface area contributed by atoms with E-state index in [1.807, 2.05) is 30.3 Å². The number of hydrogen-bond donors (Lipinski definition) is 1. The molecule has 0 aliphatic heterocycles. The minimum absolute atomic E-state index is 0.0530. The van der Waals surface area contributed by atoms with Gasteiger partial charge in [0.05, 0.1) is 19.6 Å². The van der Waals surface area contributed by atoms with Gasteiger partial charge in [0.25, 0.3) is 5.91 Å². The van der Waals surface area contributed by atoms with Gasteiger partial charge in [0, 0.05) is 0 Å². The summed E-state index contributed by atoms with van der Waals surface area (Å²) in [6, 6.07) is 15.7. The first-order valence-corrected chi connectivity index (χ1v) is 8.60. The van der Waals surface area contributed by atoms with E-state index in [0.717, 1.165) is 11.1 Å². The Balaban J connectivity index is 1.80. The van der Waals surface area contributed by atoms with E-state index < -0.39 is 24.5 Å². The van der Waals surface area contributed by atoms with Gasteiger partial charge in [0.1, 0.15) is 5.75 Å². The van der Waals surface area contributed by atoms with Crippen molar-refractivity contribution in [3.05, 3.63) is 65.7 Å². The predicted molar refractivity (Wildman–Crippen MR) is 100 cm³/mol. The molecule has 1 N–H and O–H groups in total. The van der Waals surface area contributed by atoms with Crippen molar-refractivity contribution in [3.8, 4) is 5.75 Å². The van der Waals surface area contributed by atoms with Gasteiger partial charge in [-0.15, -0.1) is 0 Å². The summed E-state index contributed by atoms with van der Waals surface area (Å²) in [5, 5.41) is 2.62. The van der Waals surface area contributed by atoms with Crippen LogP contribution in [0.5, 0.6) is 5.75 Å². The number of hydrogen-bond acceptors (Lipinski definition) is 5. The van der Waals surface area contributed by atoms with Crippen LogP contribution < -0.4 is 10.1 Å². The van der Waals surface area contributed by atoms with Gasteiger partial charge in [0.2, 0.25) is 0 Å². The van der Waals surface area contributed by atoms with Gasteiger partial charge in [-0.25, -0.2) is 0 Å². The van der Waals surface area contributed by atoms with Crippen LogP contribution in [0, 0.1) is 0 Å². The first-order chi connectivity index (χ1) is 13.0. The van der Waals surface area contributed by atoms with Gasteiger partial charge in [-0.3, -0.25) is 14.4 Å². The Hall–Kier alpha value is -3.15. The highest BCUT2D eigenvalue weighted by Crippen LogP contribution is 2.12. The van der Waals surface area contributed by atoms with Crippen molar-refractivity contribution < 1.29 is 23.9 Å². The number of ether oxygens (including phenoxy) is 2. The lowest BCUT2D eigenvalue weighted by Crippen LogP contribution is -2.43. The minimum Gasteiger partial charge on any atom is -0.497 e. The van der Waals surface area contributed by atoms with Crippen molar-refractivity contribution in [1.82, 2.24) is 5.32 Å². The zero-order chi connectivity index (χ0) is 19.6. The fourth-order valence-corrected chi connectivity index (χ4v) is 2.49. The first kappa shape index (κ1) is 20.2. The van der Waals surface area contributed by atoms with Crippen molar-refractivity contribution >= 4 is 17.7 Å². The summed E-state index contributed by atoms with van der Waals surface area (Å²) in [7, 11) is 1.56. The lowest BCUT2D eigenvalue weighted by atomic mass is 10.0. The number of Topliss-reactive ketones (excluding diaryl/α,β-unsaturated/α-hetero) is 1. The molecule has 6 heteroatoms. The van der Waals surface area contributed by atoms with Crippen LogP contribution in [0.1, 0.15) is 18.1 Å². The largest absolute Gasteiger partial charge is 0.497 e. The molecule has 1 amide bonds. The molecule has 0 saturated heterocycles. The molecule has 0 fully saturated rings. The molecule has 2 aromatic carbocycles. The van der Waals surface area contributed by atoms with Crippen LogP contribution in [0.4, 0.5) is 0 Å². The Morgan fingerprint density at radius 2 is 1.63 bits per heavy atom. The standard InChI is InChI=1S/C21H23NO5/c1-15(23)19(12-16-6-4-3-5-7-16)22-20(24)14-27-21(25)13-17-8-10-18(26-2)11-9-17/h3-11,19H,12-14H2,1-2H3,(H,22,24)/t19-/m1/s1. The number of carbonyl (C=O) groups is 3. The predicted octanol–water partition coefficient (Wildman–Crippen LogP) is 2.10. The minimum atomic E-state index is -0.653. The number of rotatable bonds is 9. The molecule has 0 radical (unpaired) electrons. The molecule has 0 aliphatic carbocycles. The number of carbonyl (C=O) groups excluding carboxylic acids is 3. The summed E-state index contributed by atoms with van der Waals surface area (Å²) < 4.78 is 10.1. The number of amides is 1. The monoisotopic (exact) mass is 369 g/mol. The van der Waals surface area contributed by atoms with E-state index in [1.165, 1.54) is 6.92 Å². The van der Waals surface area contributed by atoms with Crippen LogP contribution in [0.2, 0.25) is 0 Å². The van der Waals surface area contributed by atoms with Crippen molar-refractivity contribution in [3.63, 3.8) is 0 Å². The van der Waals surface area contributed by atoms with Crippen molar-refractivity contribution in [2.24, 2.45) is 0 Å². The Morgan fingerprint density at radius 1 is 0.963 bits per heavy atom. The SMILES string of the molecule is COc1ccc(CC(=O)OCC(=O)N[C@H](Cc2ccccc2)C(C)=O)cc1. The molecule has 6 nitrogen and oxygen atoms in total. The summed E-state index contributed by atoms with van der Waals surface area (Å²) in [6.07, 6.45) is 0.444. The third-order valence-electron chi connectivity index (χ3n) is 3.98. The highest BCUT2D eigenvalue weighted by molar-refractivity contribution is 5.89. The molecule has 0 spiro atoms. The summed E-state index contributed by atoms with van der Waals surface area (Å²) >= 11 is 0. The second-order valence-electron chi connectivity index (χ2n) is 6.11. The van der Waals surface area contributed by atoms with Gasteiger partial charge >= 0.3 is 5.97 Å². The van der Waals surface area contributed by atoms with Gasteiger partial charge in [-0.1, -0.05) is 42.5 Å². The lowest BCUT2D eigenvalue weighted by molar-refractivity contribution is -0.148. The molecule has 142 valence electrons. The molecule has 0 aromatic heterocycles. The van der Waals surface area contributed by atoms with Crippen molar-refractivity contribution in [1.29, 1.82) is 0 Å². The average Bonchev–Trinajstić information content (AvgIpc) is 2.67. The molecule has 0 saturated carbocycles. The van der Waals surface area contributed by atoms with Crippen LogP contribution in [0.3, 0.4) is 0 Å². The van der Waals surface area contributed by atoms with Gasteiger partial charge < -0.3 is 14.8 Å². The second kappa shape index (κ2) is 10.1. The summed E-state index contributed by atoms with van der Waals surface area (Å²) in [4.78, 5) is 35.7. The third kappa shape index (κ3) is 6.93. The molecular formula is C21H23NO5. The number of ketones is 1. The molecule has 0 aliphatic rings. The fourth-order valence-electron chi connectivity index (χ4n) is 2.49. The topological polar surface area (TPSA) is 81.7 Å². The van der Waals surface area contributed by atoms with E-state index in [9.17, 15) is 14.4 Å². The first-order valence-electron chi connectivity index (χ1n) is 8.60. The Bertz CT molecular complexity index is 771. The highest BCUT2D eigenvalue weighted by atomic mass is 16.5. The van der Waals surface area contributed by atoms with E-state index in [1.54, 1.807) is 31.4 Å². The van der Waals surface area contributed by atoms with E-state index in [0.29, 0.717) is 12.2 Å². The quantitative estimate of drug-likeness (QED) is 0.685. The van der Waals surface area contributed by atoms with E-state index >= 15 is 0 Å². The van der Waals surface area contributed by atoms with Crippen LogP contribution in [-0.4, -0.2) is 37.4 Å². The number of benzene rings is 2. The molecule has 0 bridgehead atoms. The van der Waals surface area contributed by atoms with Gasteiger partial charge in [-0.2, -0.15) is 0 Å². The smallest absolute Gasteiger partial charge is 0.310 e. The van der Waals surface area contributed by atoms with Crippen LogP contribution >= 0.6 is 0 Å².